The minimum atomic E-state index is -0.263. The zero-order valence-electron chi connectivity index (χ0n) is 7.21. The molecule has 0 aliphatic carbocycles. The van der Waals surface area contributed by atoms with Gasteiger partial charge >= 0.3 is 0 Å². The van der Waals surface area contributed by atoms with Crippen molar-refractivity contribution in [2.75, 3.05) is 0 Å². The lowest BCUT2D eigenvalue weighted by Crippen LogP contribution is -1.77. The number of aromatic nitrogens is 1. The molecule has 0 fully saturated rings. The first kappa shape index (κ1) is 9.40. The molecule has 0 aliphatic rings. The fourth-order valence-electron chi connectivity index (χ4n) is 1.10. The lowest BCUT2D eigenvalue weighted by atomic mass is 10.2. The molecule has 72 valence electrons. The van der Waals surface area contributed by atoms with Gasteiger partial charge in [0.25, 0.3) is 0 Å². The van der Waals surface area contributed by atoms with E-state index in [9.17, 15) is 4.39 Å². The van der Waals surface area contributed by atoms with E-state index in [0.717, 1.165) is 11.3 Å². The van der Waals surface area contributed by atoms with Crippen LogP contribution in [0.25, 0.3) is 11.5 Å². The van der Waals surface area contributed by atoms with E-state index in [2.05, 4.69) is 20.9 Å². The van der Waals surface area contributed by atoms with Crippen molar-refractivity contribution in [2.24, 2.45) is 0 Å². The molecule has 0 saturated heterocycles. The van der Waals surface area contributed by atoms with E-state index in [1.54, 1.807) is 18.3 Å². The van der Waals surface area contributed by atoms with Crippen LogP contribution in [0.3, 0.4) is 0 Å². The smallest absolute Gasteiger partial charge is 0.226 e. The van der Waals surface area contributed by atoms with Crippen molar-refractivity contribution in [3.8, 4) is 11.5 Å². The molecular formula is C10H7BrFNO. The highest BCUT2D eigenvalue weighted by Crippen LogP contribution is 2.20. The number of benzene rings is 1. The molecule has 0 unspecified atom stereocenters. The van der Waals surface area contributed by atoms with Crippen molar-refractivity contribution in [1.29, 1.82) is 0 Å². The van der Waals surface area contributed by atoms with E-state index in [-0.39, 0.29) is 5.82 Å². The second-order valence-corrected chi connectivity index (χ2v) is 3.33. The van der Waals surface area contributed by atoms with Gasteiger partial charge in [-0.15, -0.1) is 0 Å². The maximum absolute atomic E-state index is 12.6. The number of oxazole rings is 1. The van der Waals surface area contributed by atoms with Gasteiger partial charge in [-0.1, -0.05) is 15.9 Å². The zero-order chi connectivity index (χ0) is 9.97. The largest absolute Gasteiger partial charge is 0.440 e. The lowest BCUT2D eigenvalue weighted by molar-refractivity contribution is 0.539. The average molecular weight is 256 g/mol. The molecule has 1 aromatic heterocycles. The first-order valence-corrected chi connectivity index (χ1v) is 5.18. The molecule has 1 heterocycles. The summed E-state index contributed by atoms with van der Waals surface area (Å²) in [4.78, 5) is 4.07. The normalized spacial score (nSPS) is 10.4. The lowest BCUT2D eigenvalue weighted by Gasteiger charge is -1.94. The quantitative estimate of drug-likeness (QED) is 0.770. The van der Waals surface area contributed by atoms with E-state index < -0.39 is 0 Å². The fourth-order valence-corrected chi connectivity index (χ4v) is 1.35. The van der Waals surface area contributed by atoms with Gasteiger partial charge in [-0.25, -0.2) is 9.37 Å². The summed E-state index contributed by atoms with van der Waals surface area (Å²) < 4.78 is 18.0. The predicted octanol–water partition coefficient (Wildman–Crippen LogP) is 3.38. The molecule has 1 aromatic carbocycles. The standard InChI is InChI=1S/C10H7BrFNO/c11-5-9-6-13-10(14-9)7-1-3-8(12)4-2-7/h1-4,6H,5H2. The Morgan fingerprint density at radius 3 is 2.57 bits per heavy atom. The van der Waals surface area contributed by atoms with Crippen molar-refractivity contribution in [2.45, 2.75) is 5.33 Å². The molecule has 2 rings (SSSR count). The van der Waals surface area contributed by atoms with Crippen molar-refractivity contribution >= 4 is 15.9 Å². The van der Waals surface area contributed by atoms with Gasteiger partial charge in [0, 0.05) is 5.56 Å². The summed E-state index contributed by atoms with van der Waals surface area (Å²) in [6.45, 7) is 0. The van der Waals surface area contributed by atoms with Crippen molar-refractivity contribution < 1.29 is 8.81 Å². The Morgan fingerprint density at radius 2 is 2.00 bits per heavy atom. The third-order valence-electron chi connectivity index (χ3n) is 1.78. The molecule has 14 heavy (non-hydrogen) atoms. The Bertz CT molecular complexity index is 424. The third kappa shape index (κ3) is 1.85. The van der Waals surface area contributed by atoms with Crippen LogP contribution < -0.4 is 0 Å². The van der Waals surface area contributed by atoms with Crippen LogP contribution in [0.15, 0.2) is 34.9 Å². The van der Waals surface area contributed by atoms with E-state index in [1.807, 2.05) is 0 Å². The summed E-state index contributed by atoms with van der Waals surface area (Å²) in [6, 6.07) is 6.04. The first-order chi connectivity index (χ1) is 6.79. The summed E-state index contributed by atoms with van der Waals surface area (Å²) in [7, 11) is 0. The Hall–Kier alpha value is -1.16. The van der Waals surface area contributed by atoms with E-state index in [1.165, 1.54) is 12.1 Å². The zero-order valence-corrected chi connectivity index (χ0v) is 8.79. The highest BCUT2D eigenvalue weighted by molar-refractivity contribution is 9.08. The Labute approximate surface area is 88.9 Å². The Morgan fingerprint density at radius 1 is 1.29 bits per heavy atom. The van der Waals surface area contributed by atoms with Crippen LogP contribution in [0.5, 0.6) is 0 Å². The van der Waals surface area contributed by atoms with E-state index >= 15 is 0 Å². The molecule has 4 heteroatoms. The molecular weight excluding hydrogens is 249 g/mol. The summed E-state index contributed by atoms with van der Waals surface area (Å²) in [6.07, 6.45) is 1.65. The molecule has 0 N–H and O–H groups in total. The second-order valence-electron chi connectivity index (χ2n) is 2.77. The summed E-state index contributed by atoms with van der Waals surface area (Å²) >= 11 is 3.26. The second kappa shape index (κ2) is 3.92. The number of alkyl halides is 1. The maximum Gasteiger partial charge on any atom is 0.226 e. The Kier molecular flexibility index (Phi) is 2.63. The first-order valence-electron chi connectivity index (χ1n) is 4.06. The van der Waals surface area contributed by atoms with E-state index in [4.69, 9.17) is 4.42 Å². The van der Waals surface area contributed by atoms with E-state index in [0.29, 0.717) is 11.2 Å². The van der Waals surface area contributed by atoms with Gasteiger partial charge in [-0.05, 0) is 24.3 Å². The number of hydrogen-bond donors (Lipinski definition) is 0. The average Bonchev–Trinajstić information content (AvgIpc) is 2.67. The highest BCUT2D eigenvalue weighted by Gasteiger charge is 2.05. The van der Waals surface area contributed by atoms with Crippen molar-refractivity contribution in [3.05, 3.63) is 42.0 Å². The van der Waals surface area contributed by atoms with Gasteiger partial charge in [0.1, 0.15) is 11.6 Å². The number of hydrogen-bond acceptors (Lipinski definition) is 2. The minimum absolute atomic E-state index is 0.263. The van der Waals surface area contributed by atoms with Gasteiger partial charge < -0.3 is 4.42 Å². The third-order valence-corrected chi connectivity index (χ3v) is 2.33. The van der Waals surface area contributed by atoms with Crippen LogP contribution in [-0.4, -0.2) is 4.98 Å². The van der Waals surface area contributed by atoms with Gasteiger partial charge in [0.2, 0.25) is 5.89 Å². The van der Waals surface area contributed by atoms with Crippen molar-refractivity contribution in [3.63, 3.8) is 0 Å². The number of rotatable bonds is 2. The van der Waals surface area contributed by atoms with Crippen LogP contribution in [0.4, 0.5) is 4.39 Å². The fraction of sp³-hybridized carbons (Fsp3) is 0.100. The molecule has 0 radical (unpaired) electrons. The van der Waals surface area contributed by atoms with Crippen LogP contribution in [0.1, 0.15) is 5.76 Å². The molecule has 0 aliphatic heterocycles. The topological polar surface area (TPSA) is 26.0 Å². The van der Waals surface area contributed by atoms with Gasteiger partial charge in [0.05, 0.1) is 11.5 Å². The Balaban J connectivity index is 2.34. The summed E-state index contributed by atoms with van der Waals surface area (Å²) in [5.41, 5.74) is 0.776. The van der Waals surface area contributed by atoms with Crippen LogP contribution >= 0.6 is 15.9 Å². The van der Waals surface area contributed by atoms with Gasteiger partial charge in [0.15, 0.2) is 0 Å². The summed E-state index contributed by atoms with van der Waals surface area (Å²) in [5, 5.41) is 0.626. The van der Waals surface area contributed by atoms with Crippen LogP contribution in [0, 0.1) is 5.82 Å². The van der Waals surface area contributed by atoms with Gasteiger partial charge in [-0.2, -0.15) is 0 Å². The van der Waals surface area contributed by atoms with Crippen LogP contribution in [0.2, 0.25) is 0 Å². The van der Waals surface area contributed by atoms with Crippen LogP contribution in [-0.2, 0) is 5.33 Å². The molecule has 2 nitrogen and oxygen atoms in total. The minimum Gasteiger partial charge on any atom is -0.440 e. The highest BCUT2D eigenvalue weighted by atomic mass is 79.9. The molecule has 0 amide bonds. The molecule has 2 aromatic rings. The maximum atomic E-state index is 12.6. The molecule has 0 atom stereocenters. The molecule has 0 saturated carbocycles. The summed E-state index contributed by atoms with van der Waals surface area (Å²) in [5.74, 6) is 1.00. The van der Waals surface area contributed by atoms with Gasteiger partial charge in [-0.3, -0.25) is 0 Å². The number of halogens is 2. The predicted molar refractivity (Wildman–Crippen MR) is 54.5 cm³/mol. The molecule has 0 spiro atoms. The SMILES string of the molecule is Fc1ccc(-c2ncc(CBr)o2)cc1. The molecule has 0 bridgehead atoms. The monoisotopic (exact) mass is 255 g/mol. The number of nitrogens with zero attached hydrogens (tertiary/aromatic N) is 1. The van der Waals surface area contributed by atoms with Crippen molar-refractivity contribution in [1.82, 2.24) is 4.98 Å².